The predicted octanol–water partition coefficient (Wildman–Crippen LogP) is 5.18. The van der Waals surface area contributed by atoms with Gasteiger partial charge in [0.25, 0.3) is 0 Å². The highest BCUT2D eigenvalue weighted by Gasteiger charge is 2.53. The number of carboxylic acids is 1. The summed E-state index contributed by atoms with van der Waals surface area (Å²) in [5.41, 5.74) is 1.83. The number of rotatable bonds is 6. The Morgan fingerprint density at radius 1 is 1.18 bits per heavy atom. The van der Waals surface area contributed by atoms with Crippen LogP contribution < -0.4 is 0 Å². The van der Waals surface area contributed by atoms with E-state index in [2.05, 4.69) is 39.5 Å². The molecule has 5 nitrogen and oxygen atoms in total. The molecule has 0 aromatic heterocycles. The Bertz CT molecular complexity index is 892. The number of carboxylic acid groups (broad SMARTS) is 1. The van der Waals surface area contributed by atoms with Crippen molar-refractivity contribution in [3.8, 4) is 0 Å². The first-order chi connectivity index (χ1) is 15.7. The molecule has 0 aliphatic heterocycles. The minimum absolute atomic E-state index is 0.131. The third kappa shape index (κ3) is 5.12. The molecule has 3 aliphatic rings. The lowest BCUT2D eigenvalue weighted by Crippen LogP contribution is -2.40. The molecule has 190 valence electrons. The fraction of sp³-hybridized carbons (Fsp3) is 0.690. The second-order valence-corrected chi connectivity index (χ2v) is 12.3. The summed E-state index contributed by atoms with van der Waals surface area (Å²) in [6.45, 7) is 14.0. The van der Waals surface area contributed by atoms with Crippen LogP contribution >= 0.6 is 0 Å². The van der Waals surface area contributed by atoms with E-state index < -0.39 is 29.7 Å². The Balaban J connectivity index is 1.81. The van der Waals surface area contributed by atoms with Gasteiger partial charge in [-0.05, 0) is 86.2 Å². The average molecular weight is 473 g/mol. The molecule has 3 saturated carbocycles. The molecular formula is C29H44O5. The third-order valence-corrected chi connectivity index (χ3v) is 9.13. The maximum Gasteiger partial charge on any atom is 0.312 e. The summed E-state index contributed by atoms with van der Waals surface area (Å²) in [5, 5.41) is 40.2. The lowest BCUT2D eigenvalue weighted by Gasteiger charge is -2.47. The Labute approximate surface area is 205 Å². The van der Waals surface area contributed by atoms with E-state index >= 15 is 0 Å². The Hall–Kier alpha value is -1.69. The van der Waals surface area contributed by atoms with Crippen molar-refractivity contribution in [1.82, 2.24) is 0 Å². The summed E-state index contributed by atoms with van der Waals surface area (Å²) in [5.74, 6) is -0.110. The van der Waals surface area contributed by atoms with Crippen molar-refractivity contribution in [2.45, 2.75) is 97.9 Å². The number of aliphatic hydroxyl groups is 3. The van der Waals surface area contributed by atoms with Crippen LogP contribution in [0.5, 0.6) is 0 Å². The van der Waals surface area contributed by atoms with Gasteiger partial charge in [-0.2, -0.15) is 0 Å². The zero-order valence-corrected chi connectivity index (χ0v) is 21.6. The summed E-state index contributed by atoms with van der Waals surface area (Å²) in [6, 6.07) is 0. The molecule has 3 aliphatic carbocycles. The molecule has 0 amide bonds. The standard InChI is InChI=1S/C29H44O5/c1-18-20(16-21(30)17-23(18)31)10-9-19-8-7-14-29(6)22(19)11-12-24(29)27(2,3)15-13-25(32)28(4,5)26(33)34/h9-10,13,15,21-25,30-32H,1,7-8,11-12,14,16-17H2,2-6H3,(H,33,34)/b15-13+,19-9+,20-10-/t21-,22+,23+,24-,25+,29+/m1/s1. The van der Waals surface area contributed by atoms with Crippen LogP contribution in [0.3, 0.4) is 0 Å². The molecule has 4 N–H and O–H groups in total. The normalized spacial score (nSPS) is 36.3. The van der Waals surface area contributed by atoms with Crippen molar-refractivity contribution in [3.63, 3.8) is 0 Å². The highest BCUT2D eigenvalue weighted by Crippen LogP contribution is 2.62. The Kier molecular flexibility index (Phi) is 7.72. The fourth-order valence-corrected chi connectivity index (χ4v) is 6.75. The van der Waals surface area contributed by atoms with Crippen molar-refractivity contribution >= 4 is 5.97 Å². The topological polar surface area (TPSA) is 98.0 Å². The lowest BCUT2D eigenvalue weighted by atomic mass is 9.57. The van der Waals surface area contributed by atoms with E-state index in [9.17, 15) is 25.2 Å². The van der Waals surface area contributed by atoms with Gasteiger partial charge in [-0.1, -0.05) is 57.2 Å². The number of fused-ring (bicyclic) bond motifs is 1. The number of hydrogen-bond donors (Lipinski definition) is 4. The first-order valence-corrected chi connectivity index (χ1v) is 12.8. The van der Waals surface area contributed by atoms with Gasteiger partial charge in [0.1, 0.15) is 0 Å². The van der Waals surface area contributed by atoms with Gasteiger partial charge in [-0.3, -0.25) is 4.79 Å². The first-order valence-electron chi connectivity index (χ1n) is 12.8. The Morgan fingerprint density at radius 2 is 1.85 bits per heavy atom. The van der Waals surface area contributed by atoms with Crippen LogP contribution in [0.2, 0.25) is 0 Å². The summed E-state index contributed by atoms with van der Waals surface area (Å²) in [7, 11) is 0. The summed E-state index contributed by atoms with van der Waals surface area (Å²) in [4.78, 5) is 11.5. The van der Waals surface area contributed by atoms with Crippen LogP contribution in [-0.2, 0) is 4.79 Å². The van der Waals surface area contributed by atoms with Gasteiger partial charge in [0.15, 0.2) is 0 Å². The molecule has 34 heavy (non-hydrogen) atoms. The van der Waals surface area contributed by atoms with Gasteiger partial charge in [-0.25, -0.2) is 0 Å². The molecule has 6 atom stereocenters. The van der Waals surface area contributed by atoms with Crippen molar-refractivity contribution in [2.75, 3.05) is 0 Å². The van der Waals surface area contributed by atoms with Crippen LogP contribution in [0.15, 0.2) is 47.6 Å². The molecule has 0 saturated heterocycles. The van der Waals surface area contributed by atoms with Crippen LogP contribution in [0.4, 0.5) is 0 Å². The Morgan fingerprint density at radius 3 is 2.50 bits per heavy atom. The van der Waals surface area contributed by atoms with E-state index in [0.717, 1.165) is 43.3 Å². The minimum Gasteiger partial charge on any atom is -0.481 e. The summed E-state index contributed by atoms with van der Waals surface area (Å²) >= 11 is 0. The molecule has 0 unspecified atom stereocenters. The maximum atomic E-state index is 11.5. The predicted molar refractivity (Wildman–Crippen MR) is 135 cm³/mol. The van der Waals surface area contributed by atoms with E-state index in [1.165, 1.54) is 5.57 Å². The second-order valence-electron chi connectivity index (χ2n) is 12.3. The molecule has 0 heterocycles. The van der Waals surface area contributed by atoms with Crippen molar-refractivity contribution < 1.29 is 25.2 Å². The van der Waals surface area contributed by atoms with Crippen LogP contribution in [0.1, 0.15) is 79.6 Å². The van der Waals surface area contributed by atoms with E-state index in [4.69, 9.17) is 0 Å². The van der Waals surface area contributed by atoms with E-state index in [-0.39, 0.29) is 10.8 Å². The summed E-state index contributed by atoms with van der Waals surface area (Å²) < 4.78 is 0. The SMILES string of the molecule is C=C1/C(=C\C=C2/CCC[C@]3(C)[C@@H](C(C)(C)/C=C/[C@H](O)C(C)(C)C(=O)O)CC[C@@H]23)C[C@@H](O)C[C@@H]1O. The minimum atomic E-state index is -1.23. The van der Waals surface area contributed by atoms with Gasteiger partial charge in [0.2, 0.25) is 0 Å². The molecule has 5 heteroatoms. The monoisotopic (exact) mass is 472 g/mol. The molecular weight excluding hydrogens is 428 g/mol. The second kappa shape index (κ2) is 9.75. The van der Waals surface area contributed by atoms with Gasteiger partial charge < -0.3 is 20.4 Å². The average Bonchev–Trinajstić information content (AvgIpc) is 3.11. The van der Waals surface area contributed by atoms with E-state index in [1.807, 2.05) is 6.08 Å². The fourth-order valence-electron chi connectivity index (χ4n) is 6.75. The lowest BCUT2D eigenvalue weighted by molar-refractivity contribution is -0.151. The van der Waals surface area contributed by atoms with Crippen LogP contribution in [-0.4, -0.2) is 44.7 Å². The largest absolute Gasteiger partial charge is 0.481 e. The van der Waals surface area contributed by atoms with Gasteiger partial charge in [0.05, 0.1) is 23.7 Å². The molecule has 0 radical (unpaired) electrons. The van der Waals surface area contributed by atoms with E-state index in [1.54, 1.807) is 19.9 Å². The first kappa shape index (κ1) is 26.9. The van der Waals surface area contributed by atoms with E-state index in [0.29, 0.717) is 24.7 Å². The quantitative estimate of drug-likeness (QED) is 0.399. The molecule has 0 bridgehead atoms. The maximum absolute atomic E-state index is 11.5. The van der Waals surface area contributed by atoms with Crippen LogP contribution in [0.25, 0.3) is 0 Å². The molecule has 0 spiro atoms. The number of aliphatic carboxylic acids is 1. The zero-order chi connectivity index (χ0) is 25.5. The third-order valence-electron chi connectivity index (χ3n) is 9.13. The smallest absolute Gasteiger partial charge is 0.312 e. The van der Waals surface area contributed by atoms with Gasteiger partial charge >= 0.3 is 5.97 Å². The zero-order valence-electron chi connectivity index (χ0n) is 21.6. The molecule has 0 aromatic rings. The summed E-state index contributed by atoms with van der Waals surface area (Å²) in [6.07, 6.45) is 12.2. The van der Waals surface area contributed by atoms with Crippen LogP contribution in [0, 0.1) is 28.1 Å². The highest BCUT2D eigenvalue weighted by molar-refractivity contribution is 5.74. The van der Waals surface area contributed by atoms with Gasteiger partial charge in [0, 0.05) is 6.42 Å². The van der Waals surface area contributed by atoms with Crippen molar-refractivity contribution in [3.05, 3.63) is 47.6 Å². The number of allylic oxidation sites excluding steroid dienone is 4. The number of hydrogen-bond acceptors (Lipinski definition) is 4. The number of aliphatic hydroxyl groups excluding tert-OH is 3. The van der Waals surface area contributed by atoms with Gasteiger partial charge in [-0.15, -0.1) is 0 Å². The molecule has 3 rings (SSSR count). The van der Waals surface area contributed by atoms with Crippen molar-refractivity contribution in [2.24, 2.45) is 28.1 Å². The highest BCUT2D eigenvalue weighted by atomic mass is 16.4. The van der Waals surface area contributed by atoms with Crippen molar-refractivity contribution in [1.29, 1.82) is 0 Å². The molecule has 3 fully saturated rings. The number of carbonyl (C=O) groups is 1. The molecule has 0 aromatic carbocycles.